The lowest BCUT2D eigenvalue weighted by molar-refractivity contribution is 0.295. The van der Waals surface area contributed by atoms with Crippen LogP contribution in [0, 0.1) is 5.82 Å². The predicted octanol–water partition coefficient (Wildman–Crippen LogP) is 2.33. The summed E-state index contributed by atoms with van der Waals surface area (Å²) in [6.07, 6.45) is 4.99. The van der Waals surface area contributed by atoms with Gasteiger partial charge in [0.1, 0.15) is 23.5 Å². The first-order valence-electron chi connectivity index (χ1n) is 5.42. The number of hydrogen-bond donors (Lipinski definition) is 1. The normalized spacial score (nSPS) is 17.2. The zero-order chi connectivity index (χ0) is 12.5. The first-order valence-corrected chi connectivity index (χ1v) is 5.75. The van der Waals surface area contributed by atoms with Crippen LogP contribution < -0.4 is 5.43 Å². The number of nitrogens with zero attached hydrogens (tertiary/aromatic N) is 3. The highest BCUT2D eigenvalue weighted by atomic mass is 35.5. The van der Waals surface area contributed by atoms with Crippen LogP contribution in [0.2, 0.25) is 0 Å². The van der Waals surface area contributed by atoms with Crippen molar-refractivity contribution in [1.82, 2.24) is 14.9 Å². The average Bonchev–Trinajstić information content (AvgIpc) is 2.75. The molecule has 2 heterocycles. The third-order valence-electron chi connectivity index (χ3n) is 2.75. The maximum absolute atomic E-state index is 13.6. The van der Waals surface area contributed by atoms with Crippen molar-refractivity contribution in [1.29, 1.82) is 0 Å². The molecule has 0 spiro atoms. The predicted molar refractivity (Wildman–Crippen MR) is 67.4 cm³/mol. The summed E-state index contributed by atoms with van der Waals surface area (Å²) in [6, 6.07) is 6.68. The van der Waals surface area contributed by atoms with Crippen molar-refractivity contribution in [2.45, 2.75) is 6.54 Å². The summed E-state index contributed by atoms with van der Waals surface area (Å²) < 4.78 is 14.9. The van der Waals surface area contributed by atoms with Gasteiger partial charge in [-0.15, -0.1) is 0 Å². The summed E-state index contributed by atoms with van der Waals surface area (Å²) in [5, 5.41) is 1.79. The van der Waals surface area contributed by atoms with Crippen LogP contribution in [0.15, 0.2) is 53.1 Å². The third-order valence-corrected chi connectivity index (χ3v) is 2.93. The summed E-state index contributed by atoms with van der Waals surface area (Å²) in [5.41, 5.74) is 5.24. The van der Waals surface area contributed by atoms with Crippen LogP contribution in [0.3, 0.4) is 0 Å². The molecule has 0 fully saturated rings. The summed E-state index contributed by atoms with van der Waals surface area (Å²) in [7, 11) is 0. The Morgan fingerprint density at radius 2 is 2.17 bits per heavy atom. The number of hydrazine groups is 1. The molecule has 0 bridgehead atoms. The van der Waals surface area contributed by atoms with E-state index in [1.54, 1.807) is 29.5 Å². The van der Waals surface area contributed by atoms with E-state index in [9.17, 15) is 4.39 Å². The number of fused-ring (bicyclic) bond motifs is 1. The first kappa shape index (κ1) is 11.1. The molecule has 0 amide bonds. The van der Waals surface area contributed by atoms with Crippen molar-refractivity contribution >= 4 is 18.1 Å². The molecule has 0 saturated heterocycles. The molecule has 2 aliphatic heterocycles. The third kappa shape index (κ3) is 1.93. The molecule has 2 aliphatic rings. The van der Waals surface area contributed by atoms with Crippen LogP contribution in [0.5, 0.6) is 0 Å². The number of halogens is 2. The molecule has 18 heavy (non-hydrogen) atoms. The minimum Gasteiger partial charge on any atom is -0.303 e. The Hall–Kier alpha value is -2.01. The van der Waals surface area contributed by atoms with Gasteiger partial charge in [-0.3, -0.25) is 5.01 Å². The van der Waals surface area contributed by atoms with Gasteiger partial charge in [-0.2, -0.15) is 0 Å². The van der Waals surface area contributed by atoms with Gasteiger partial charge < -0.3 is 5.43 Å². The highest BCUT2D eigenvalue weighted by Crippen LogP contribution is 2.26. The lowest BCUT2D eigenvalue weighted by atomic mass is 10.2. The number of nitrogens with one attached hydrogen (secondary N) is 1. The van der Waals surface area contributed by atoms with E-state index >= 15 is 0 Å². The first-order chi connectivity index (χ1) is 8.74. The molecule has 4 nitrogen and oxygen atoms in total. The quantitative estimate of drug-likeness (QED) is 0.832. The SMILES string of the molecule is Fc1ccccc1CN1NC=C2N=CN(Cl)C=C21. The number of aliphatic imine (C=N–C) groups is 1. The van der Waals surface area contributed by atoms with E-state index < -0.39 is 0 Å². The number of benzene rings is 1. The summed E-state index contributed by atoms with van der Waals surface area (Å²) in [4.78, 5) is 4.15. The number of hydrogen-bond acceptors (Lipinski definition) is 4. The Bertz CT molecular complexity index is 567. The fourth-order valence-corrected chi connectivity index (χ4v) is 1.99. The Morgan fingerprint density at radius 1 is 1.33 bits per heavy atom. The summed E-state index contributed by atoms with van der Waals surface area (Å²) in [5.74, 6) is -0.226. The van der Waals surface area contributed by atoms with Gasteiger partial charge in [0.25, 0.3) is 0 Å². The van der Waals surface area contributed by atoms with Crippen molar-refractivity contribution in [2.24, 2.45) is 4.99 Å². The van der Waals surface area contributed by atoms with Gasteiger partial charge in [-0.25, -0.2) is 13.8 Å². The van der Waals surface area contributed by atoms with E-state index in [1.165, 1.54) is 16.8 Å². The largest absolute Gasteiger partial charge is 0.303 e. The van der Waals surface area contributed by atoms with Crippen LogP contribution in [0.1, 0.15) is 5.56 Å². The molecule has 1 N–H and O–H groups in total. The van der Waals surface area contributed by atoms with Crippen LogP contribution in [0.4, 0.5) is 4.39 Å². The fourth-order valence-electron chi connectivity index (χ4n) is 1.86. The Balaban J connectivity index is 1.82. The van der Waals surface area contributed by atoms with Gasteiger partial charge in [-0.1, -0.05) is 18.2 Å². The Kier molecular flexibility index (Phi) is 2.68. The summed E-state index contributed by atoms with van der Waals surface area (Å²) >= 11 is 5.83. The van der Waals surface area contributed by atoms with Crippen molar-refractivity contribution in [3.05, 3.63) is 59.4 Å². The zero-order valence-electron chi connectivity index (χ0n) is 9.35. The maximum Gasteiger partial charge on any atom is 0.128 e. The topological polar surface area (TPSA) is 30.9 Å². The Morgan fingerprint density at radius 3 is 3.00 bits per heavy atom. The molecule has 0 radical (unpaired) electrons. The fraction of sp³-hybridized carbons (Fsp3) is 0.0833. The van der Waals surface area contributed by atoms with Gasteiger partial charge in [-0.05, 0) is 6.07 Å². The maximum atomic E-state index is 13.6. The molecule has 0 atom stereocenters. The molecular weight excluding hydrogens is 255 g/mol. The van der Waals surface area contributed by atoms with E-state index in [0.29, 0.717) is 12.1 Å². The lowest BCUT2D eigenvalue weighted by Crippen LogP contribution is -2.30. The minimum absolute atomic E-state index is 0.226. The van der Waals surface area contributed by atoms with Crippen LogP contribution in [-0.2, 0) is 6.54 Å². The van der Waals surface area contributed by atoms with Crippen molar-refractivity contribution in [3.63, 3.8) is 0 Å². The average molecular weight is 265 g/mol. The molecule has 1 aromatic carbocycles. The van der Waals surface area contributed by atoms with Gasteiger partial charge in [0.2, 0.25) is 0 Å². The summed E-state index contributed by atoms with van der Waals surface area (Å²) in [6.45, 7) is 0.402. The van der Waals surface area contributed by atoms with Crippen molar-refractivity contribution < 1.29 is 4.39 Å². The molecular formula is C12H10ClFN4. The molecule has 0 saturated carbocycles. The van der Waals surface area contributed by atoms with Gasteiger partial charge >= 0.3 is 0 Å². The molecule has 0 aromatic heterocycles. The van der Waals surface area contributed by atoms with Crippen LogP contribution >= 0.6 is 11.8 Å². The highest BCUT2D eigenvalue weighted by Gasteiger charge is 2.23. The van der Waals surface area contributed by atoms with E-state index in [1.807, 2.05) is 6.07 Å². The van der Waals surface area contributed by atoms with E-state index in [2.05, 4.69) is 10.4 Å². The second-order valence-electron chi connectivity index (χ2n) is 3.94. The second-order valence-corrected chi connectivity index (χ2v) is 4.33. The van der Waals surface area contributed by atoms with E-state index in [4.69, 9.17) is 11.8 Å². The standard InChI is InChI=1S/C12H10ClFN4/c13-17-7-12-11(15-8-17)5-16-18(12)6-9-3-1-2-4-10(9)14/h1-5,7-8,16H,6H2. The highest BCUT2D eigenvalue weighted by molar-refractivity contribution is 6.19. The molecule has 0 unspecified atom stereocenters. The molecule has 3 rings (SSSR count). The Labute approximate surface area is 109 Å². The molecule has 6 heteroatoms. The minimum atomic E-state index is -0.226. The molecule has 0 aliphatic carbocycles. The number of rotatable bonds is 2. The smallest absolute Gasteiger partial charge is 0.128 e. The lowest BCUT2D eigenvalue weighted by Gasteiger charge is -2.23. The van der Waals surface area contributed by atoms with E-state index in [-0.39, 0.29) is 5.82 Å². The van der Waals surface area contributed by atoms with Crippen molar-refractivity contribution in [2.75, 3.05) is 0 Å². The molecule has 1 aromatic rings. The van der Waals surface area contributed by atoms with Gasteiger partial charge in [0.05, 0.1) is 12.7 Å². The van der Waals surface area contributed by atoms with Crippen LogP contribution in [-0.4, -0.2) is 15.8 Å². The van der Waals surface area contributed by atoms with Gasteiger partial charge in [0.15, 0.2) is 0 Å². The van der Waals surface area contributed by atoms with E-state index in [0.717, 1.165) is 11.4 Å². The molecule has 92 valence electrons. The second kappa shape index (κ2) is 4.34. The van der Waals surface area contributed by atoms with Gasteiger partial charge in [0, 0.05) is 23.5 Å². The monoisotopic (exact) mass is 264 g/mol. The van der Waals surface area contributed by atoms with Crippen molar-refractivity contribution in [3.8, 4) is 0 Å². The zero-order valence-corrected chi connectivity index (χ0v) is 10.1. The van der Waals surface area contributed by atoms with Crippen LogP contribution in [0.25, 0.3) is 0 Å².